The number of hydrogen-bond donors (Lipinski definition) is 12. The Bertz CT molecular complexity index is 2080. The van der Waals surface area contributed by atoms with Crippen LogP contribution in [0, 0.1) is 0 Å². The SMILES string of the molecule is COCC1O[C@@H](c2cc(O)c(O)c(C(=O)N[C@H]3COC(=O)[C@@H](NC(=O)c4cccc(O)c4O)COC(=O)[C@@H](NC(=O)c4cccc(O)c4O)COC3=O)c2)C(O)C(O)[C@@H]1O. The Balaban J connectivity index is 1.44. The molecule has 3 aromatic rings. The van der Waals surface area contributed by atoms with E-state index in [4.69, 9.17) is 23.7 Å². The molecule has 2 saturated heterocycles. The summed E-state index contributed by atoms with van der Waals surface area (Å²) >= 11 is 0. The third-order valence-electron chi connectivity index (χ3n) is 9.19. The number of carbonyl (C=O) groups is 6. The summed E-state index contributed by atoms with van der Waals surface area (Å²) in [7, 11) is 1.27. The van der Waals surface area contributed by atoms with Crippen molar-refractivity contribution in [2.75, 3.05) is 33.5 Å². The van der Waals surface area contributed by atoms with Crippen molar-refractivity contribution < 1.29 is 98.4 Å². The first-order chi connectivity index (χ1) is 28.4. The van der Waals surface area contributed by atoms with Crippen molar-refractivity contribution in [3.05, 3.63) is 70.8 Å². The number of carbonyl (C=O) groups excluding carboxylic acids is 6. The zero-order chi connectivity index (χ0) is 44.0. The smallest absolute Gasteiger partial charge is 0.332 e. The second-order valence-electron chi connectivity index (χ2n) is 13.3. The van der Waals surface area contributed by atoms with Gasteiger partial charge in [0.2, 0.25) is 0 Å². The molecular weight excluding hydrogens is 806 g/mol. The van der Waals surface area contributed by atoms with Crippen LogP contribution in [-0.4, -0.2) is 158 Å². The molecule has 2 aliphatic rings. The fourth-order valence-electron chi connectivity index (χ4n) is 5.95. The van der Waals surface area contributed by atoms with Gasteiger partial charge in [0.25, 0.3) is 17.7 Å². The first-order valence-electron chi connectivity index (χ1n) is 17.6. The van der Waals surface area contributed by atoms with Crippen LogP contribution in [0.2, 0.25) is 0 Å². The number of ether oxygens (including phenoxy) is 5. The zero-order valence-electron chi connectivity index (χ0n) is 31.1. The summed E-state index contributed by atoms with van der Waals surface area (Å²) < 4.78 is 26.1. The molecule has 60 heavy (non-hydrogen) atoms. The fourth-order valence-corrected chi connectivity index (χ4v) is 5.95. The third kappa shape index (κ3) is 9.67. The number of cyclic esters (lactones) is 3. The van der Waals surface area contributed by atoms with Gasteiger partial charge in [0.05, 0.1) is 23.3 Å². The molecule has 3 amide bonds. The number of phenols is 6. The van der Waals surface area contributed by atoms with Gasteiger partial charge in [-0.15, -0.1) is 0 Å². The van der Waals surface area contributed by atoms with Crippen LogP contribution in [0.3, 0.4) is 0 Å². The van der Waals surface area contributed by atoms with Gasteiger partial charge in [-0.2, -0.15) is 0 Å². The Morgan fingerprint density at radius 2 is 1.02 bits per heavy atom. The van der Waals surface area contributed by atoms with E-state index >= 15 is 0 Å². The van der Waals surface area contributed by atoms with Gasteiger partial charge < -0.3 is 85.6 Å². The molecule has 322 valence electrons. The van der Waals surface area contributed by atoms with Crippen molar-refractivity contribution >= 4 is 35.6 Å². The van der Waals surface area contributed by atoms with Crippen LogP contribution in [-0.2, 0) is 38.1 Å². The van der Waals surface area contributed by atoms with Gasteiger partial charge in [-0.3, -0.25) is 14.4 Å². The first-order valence-corrected chi connectivity index (χ1v) is 17.6. The number of nitrogens with one attached hydrogen (secondary N) is 3. The van der Waals surface area contributed by atoms with Gasteiger partial charge in [-0.05, 0) is 42.0 Å². The first kappa shape index (κ1) is 44.2. The Hall–Kier alpha value is -6.92. The molecular formula is C37H39N3O20. The second-order valence-corrected chi connectivity index (χ2v) is 13.3. The molecule has 0 bridgehead atoms. The van der Waals surface area contributed by atoms with Crippen LogP contribution in [0.15, 0.2) is 48.5 Å². The highest BCUT2D eigenvalue weighted by molar-refractivity contribution is 6.02. The van der Waals surface area contributed by atoms with Gasteiger partial charge in [0.15, 0.2) is 52.6 Å². The van der Waals surface area contributed by atoms with Crippen molar-refractivity contribution in [1.29, 1.82) is 0 Å². The van der Waals surface area contributed by atoms with E-state index in [1.807, 2.05) is 0 Å². The van der Waals surface area contributed by atoms with E-state index < -0.39 is 155 Å². The number of aliphatic hydroxyl groups is 3. The molecule has 0 saturated carbocycles. The summed E-state index contributed by atoms with van der Waals surface area (Å²) in [4.78, 5) is 80.0. The van der Waals surface area contributed by atoms with Crippen molar-refractivity contribution in [1.82, 2.24) is 16.0 Å². The van der Waals surface area contributed by atoms with Crippen LogP contribution in [0.1, 0.15) is 42.7 Å². The lowest BCUT2D eigenvalue weighted by atomic mass is 9.90. The summed E-state index contributed by atoms with van der Waals surface area (Å²) in [5.41, 5.74) is -2.07. The number of hydrogen-bond acceptors (Lipinski definition) is 20. The molecule has 0 spiro atoms. The summed E-state index contributed by atoms with van der Waals surface area (Å²) in [5.74, 6) is -13.2. The van der Waals surface area contributed by atoms with Gasteiger partial charge in [-0.1, -0.05) is 12.1 Å². The summed E-state index contributed by atoms with van der Waals surface area (Å²) in [5, 5.41) is 99.2. The van der Waals surface area contributed by atoms with E-state index in [0.717, 1.165) is 36.4 Å². The maximum atomic E-state index is 13.7. The number of amides is 3. The lowest BCUT2D eigenvalue weighted by Crippen LogP contribution is -2.55. The molecule has 3 unspecified atom stereocenters. The molecule has 0 aromatic heterocycles. The summed E-state index contributed by atoms with van der Waals surface area (Å²) in [6.45, 7) is -3.42. The molecule has 5 rings (SSSR count). The standard InChI is InChI=1S/C37H39N3O20/c1-56-13-24-28(47)29(48)30(49)31(60-24)14-8-17(27(46)23(43)9-14)34(52)40-20-12-59-36(54)18(38-32(50)15-4-2-6-21(41)25(15)44)10-57-35(53)19(11-58-37(20)55)39-33(51)16-5-3-7-22(42)26(16)45/h2-9,18-20,24,28-31,41-49H,10-13H2,1H3,(H,38,50)(H,39,51)(H,40,52)/t18-,19-,20-,24?,28+,29?,30?,31-/m0/s1. The van der Waals surface area contributed by atoms with Gasteiger partial charge in [0, 0.05) is 7.11 Å². The molecule has 8 atom stereocenters. The molecule has 0 aliphatic carbocycles. The predicted molar refractivity (Wildman–Crippen MR) is 193 cm³/mol. The number of para-hydroxylation sites is 2. The minimum Gasteiger partial charge on any atom is -0.504 e. The van der Waals surface area contributed by atoms with E-state index in [0.29, 0.717) is 0 Å². The summed E-state index contributed by atoms with van der Waals surface area (Å²) in [6, 6.07) is 2.49. The molecule has 2 fully saturated rings. The fraction of sp³-hybridized carbons (Fsp3) is 0.351. The summed E-state index contributed by atoms with van der Waals surface area (Å²) in [6.07, 6.45) is -7.98. The Morgan fingerprint density at radius 3 is 1.45 bits per heavy atom. The largest absolute Gasteiger partial charge is 0.504 e. The van der Waals surface area contributed by atoms with Gasteiger partial charge in [0.1, 0.15) is 50.3 Å². The lowest BCUT2D eigenvalue weighted by molar-refractivity contribution is -0.233. The highest BCUT2D eigenvalue weighted by Crippen LogP contribution is 2.38. The van der Waals surface area contributed by atoms with E-state index in [9.17, 15) is 74.7 Å². The van der Waals surface area contributed by atoms with Crippen LogP contribution in [0.25, 0.3) is 0 Å². The average Bonchev–Trinajstić information content (AvgIpc) is 3.21. The predicted octanol–water partition coefficient (Wildman–Crippen LogP) is -2.57. The van der Waals surface area contributed by atoms with E-state index in [1.165, 1.54) is 19.2 Å². The molecule has 0 radical (unpaired) electrons. The maximum absolute atomic E-state index is 13.7. The number of aromatic hydroxyl groups is 6. The van der Waals surface area contributed by atoms with Crippen LogP contribution >= 0.6 is 0 Å². The lowest BCUT2D eigenvalue weighted by Gasteiger charge is -2.40. The maximum Gasteiger partial charge on any atom is 0.332 e. The Labute approximate surface area is 337 Å². The van der Waals surface area contributed by atoms with Crippen molar-refractivity contribution in [3.8, 4) is 34.5 Å². The third-order valence-corrected chi connectivity index (χ3v) is 9.19. The highest BCUT2D eigenvalue weighted by atomic mass is 16.6. The number of esters is 3. The second kappa shape index (κ2) is 18.8. The van der Waals surface area contributed by atoms with Crippen LogP contribution in [0.5, 0.6) is 34.5 Å². The zero-order valence-corrected chi connectivity index (χ0v) is 31.1. The molecule has 12 N–H and O–H groups in total. The van der Waals surface area contributed by atoms with Crippen molar-refractivity contribution in [2.24, 2.45) is 0 Å². The Morgan fingerprint density at radius 1 is 0.600 bits per heavy atom. The van der Waals surface area contributed by atoms with Crippen molar-refractivity contribution in [3.63, 3.8) is 0 Å². The van der Waals surface area contributed by atoms with Gasteiger partial charge in [-0.25, -0.2) is 14.4 Å². The van der Waals surface area contributed by atoms with Crippen molar-refractivity contribution in [2.45, 2.75) is 48.6 Å². The molecule has 2 heterocycles. The monoisotopic (exact) mass is 845 g/mol. The van der Waals surface area contributed by atoms with Crippen LogP contribution in [0.4, 0.5) is 0 Å². The van der Waals surface area contributed by atoms with E-state index in [-0.39, 0.29) is 12.2 Å². The number of methoxy groups -OCH3 is 1. The minimum atomic E-state index is -2.03. The topological polar surface area (TPSA) is 367 Å². The van der Waals surface area contributed by atoms with Gasteiger partial charge >= 0.3 is 17.9 Å². The quantitative estimate of drug-likeness (QED) is 0.0598. The van der Waals surface area contributed by atoms with E-state index in [2.05, 4.69) is 16.0 Å². The normalized spacial score (nSPS) is 25.0. The number of benzene rings is 3. The molecule has 23 heteroatoms. The average molecular weight is 846 g/mol. The molecule has 23 nitrogen and oxygen atoms in total. The molecule has 3 aromatic carbocycles. The van der Waals surface area contributed by atoms with Crippen LogP contribution < -0.4 is 16.0 Å². The van der Waals surface area contributed by atoms with E-state index in [1.54, 1.807) is 0 Å². The number of rotatable bonds is 9. The minimum absolute atomic E-state index is 0.214. The molecule has 2 aliphatic heterocycles. The Kier molecular flexibility index (Phi) is 13.8. The highest BCUT2D eigenvalue weighted by Gasteiger charge is 2.45. The number of aliphatic hydroxyl groups excluding tert-OH is 3. The number of phenolic OH excluding ortho intramolecular Hbond substituents is 6.